The monoisotopic (exact) mass is 251 g/mol. The molecule has 1 aromatic rings. The summed E-state index contributed by atoms with van der Waals surface area (Å²) in [6, 6.07) is 1.39. The summed E-state index contributed by atoms with van der Waals surface area (Å²) in [6.07, 6.45) is -2.67. The van der Waals surface area contributed by atoms with Gasteiger partial charge in [0.15, 0.2) is 0 Å². The fraction of sp³-hybridized carbons (Fsp3) is 0.286. The lowest BCUT2D eigenvalue weighted by Gasteiger charge is -2.07. The Morgan fingerprint density at radius 2 is 2.15 bits per heavy atom. The zero-order valence-corrected chi connectivity index (χ0v) is 8.18. The van der Waals surface area contributed by atoms with E-state index in [1.807, 2.05) is 0 Å². The Labute approximate surface area is 82.3 Å². The molecule has 0 spiro atoms. The van der Waals surface area contributed by atoms with Crippen molar-refractivity contribution in [3.8, 4) is 0 Å². The maximum atomic E-state index is 12.3. The van der Waals surface area contributed by atoms with E-state index in [9.17, 15) is 8.78 Å². The molecule has 0 aromatic carbocycles. The molecule has 0 aliphatic carbocycles. The van der Waals surface area contributed by atoms with E-state index in [1.54, 1.807) is 0 Å². The van der Waals surface area contributed by atoms with Gasteiger partial charge in [0.05, 0.1) is 11.4 Å². The first kappa shape index (κ1) is 10.3. The number of halogens is 3. The molecular weight excluding hydrogens is 244 g/mol. The molecule has 0 aliphatic rings. The SMILES string of the molecule is NCc1nc(C(F)F)c(N)cc1Br. The fourth-order valence-corrected chi connectivity index (χ4v) is 1.37. The van der Waals surface area contributed by atoms with E-state index >= 15 is 0 Å². The van der Waals surface area contributed by atoms with Crippen molar-refractivity contribution < 1.29 is 8.78 Å². The van der Waals surface area contributed by atoms with E-state index in [2.05, 4.69) is 20.9 Å². The van der Waals surface area contributed by atoms with Crippen LogP contribution in [0.25, 0.3) is 0 Å². The Bertz CT molecular complexity index is 317. The van der Waals surface area contributed by atoms with E-state index < -0.39 is 12.1 Å². The van der Waals surface area contributed by atoms with Crippen molar-refractivity contribution in [3.05, 3.63) is 21.9 Å². The number of hydrogen-bond acceptors (Lipinski definition) is 3. The van der Waals surface area contributed by atoms with Gasteiger partial charge in [-0.15, -0.1) is 0 Å². The highest BCUT2D eigenvalue weighted by atomic mass is 79.9. The molecule has 0 unspecified atom stereocenters. The lowest BCUT2D eigenvalue weighted by atomic mass is 10.2. The Morgan fingerprint density at radius 3 is 2.62 bits per heavy atom. The van der Waals surface area contributed by atoms with Gasteiger partial charge in [-0.3, -0.25) is 0 Å². The first-order chi connectivity index (χ1) is 6.06. The Hall–Kier alpha value is -0.750. The van der Waals surface area contributed by atoms with Gasteiger partial charge in [0.1, 0.15) is 5.69 Å². The van der Waals surface area contributed by atoms with Gasteiger partial charge in [-0.05, 0) is 22.0 Å². The molecule has 0 fully saturated rings. The molecule has 0 bridgehead atoms. The predicted octanol–water partition coefficient (Wildman–Crippen LogP) is 1.82. The summed E-state index contributed by atoms with van der Waals surface area (Å²) in [6.45, 7) is 0.0978. The van der Waals surface area contributed by atoms with Gasteiger partial charge < -0.3 is 11.5 Å². The van der Waals surface area contributed by atoms with Crippen LogP contribution in [-0.2, 0) is 6.54 Å². The molecular formula is C7H8BrF2N3. The number of pyridine rings is 1. The van der Waals surface area contributed by atoms with Gasteiger partial charge in [-0.25, -0.2) is 13.8 Å². The summed E-state index contributed by atoms with van der Waals surface area (Å²) >= 11 is 3.12. The van der Waals surface area contributed by atoms with Crippen LogP contribution in [0.1, 0.15) is 17.8 Å². The average molecular weight is 252 g/mol. The quantitative estimate of drug-likeness (QED) is 0.843. The van der Waals surface area contributed by atoms with Crippen LogP contribution < -0.4 is 11.5 Å². The molecule has 0 saturated carbocycles. The van der Waals surface area contributed by atoms with Crippen LogP contribution in [0.15, 0.2) is 10.5 Å². The molecule has 0 aliphatic heterocycles. The number of hydrogen-bond donors (Lipinski definition) is 2. The largest absolute Gasteiger partial charge is 0.397 e. The summed E-state index contributed by atoms with van der Waals surface area (Å²) in [5.41, 5.74) is 10.6. The van der Waals surface area contributed by atoms with Crippen molar-refractivity contribution in [2.75, 3.05) is 5.73 Å². The van der Waals surface area contributed by atoms with Crippen LogP contribution in [0, 0.1) is 0 Å². The molecule has 6 heteroatoms. The van der Waals surface area contributed by atoms with Crippen LogP contribution in [0.2, 0.25) is 0 Å². The molecule has 1 heterocycles. The van der Waals surface area contributed by atoms with Crippen molar-refractivity contribution >= 4 is 21.6 Å². The lowest BCUT2D eigenvalue weighted by molar-refractivity contribution is 0.146. The second kappa shape index (κ2) is 3.97. The third kappa shape index (κ3) is 2.13. The highest BCUT2D eigenvalue weighted by Crippen LogP contribution is 2.27. The minimum Gasteiger partial charge on any atom is -0.397 e. The predicted molar refractivity (Wildman–Crippen MR) is 49.2 cm³/mol. The highest BCUT2D eigenvalue weighted by Gasteiger charge is 2.15. The lowest BCUT2D eigenvalue weighted by Crippen LogP contribution is -2.06. The van der Waals surface area contributed by atoms with E-state index in [0.29, 0.717) is 10.2 Å². The number of aromatic nitrogens is 1. The number of anilines is 1. The minimum atomic E-state index is -2.67. The Kier molecular flexibility index (Phi) is 3.16. The summed E-state index contributed by atoms with van der Waals surface area (Å²) in [4.78, 5) is 3.64. The van der Waals surface area contributed by atoms with Crippen molar-refractivity contribution in [2.24, 2.45) is 5.73 Å². The number of nitrogen functional groups attached to an aromatic ring is 1. The maximum Gasteiger partial charge on any atom is 0.282 e. The third-order valence-electron chi connectivity index (χ3n) is 1.51. The summed E-state index contributed by atoms with van der Waals surface area (Å²) in [5, 5.41) is 0. The number of nitrogens with two attached hydrogens (primary N) is 2. The number of nitrogens with zero attached hydrogens (tertiary/aromatic N) is 1. The Morgan fingerprint density at radius 1 is 1.54 bits per heavy atom. The van der Waals surface area contributed by atoms with E-state index in [1.165, 1.54) is 6.07 Å². The average Bonchev–Trinajstić information content (AvgIpc) is 2.03. The molecule has 0 radical (unpaired) electrons. The topological polar surface area (TPSA) is 64.9 Å². The molecule has 0 atom stereocenters. The van der Waals surface area contributed by atoms with Crippen LogP contribution in [0.5, 0.6) is 0 Å². The smallest absolute Gasteiger partial charge is 0.282 e. The summed E-state index contributed by atoms with van der Waals surface area (Å²) in [5.74, 6) is 0. The molecule has 0 amide bonds. The van der Waals surface area contributed by atoms with Crippen LogP contribution >= 0.6 is 15.9 Å². The van der Waals surface area contributed by atoms with E-state index in [-0.39, 0.29) is 12.2 Å². The minimum absolute atomic E-state index is 0.0286. The molecule has 13 heavy (non-hydrogen) atoms. The molecule has 1 aromatic heterocycles. The van der Waals surface area contributed by atoms with Gasteiger partial charge in [0.2, 0.25) is 0 Å². The van der Waals surface area contributed by atoms with Gasteiger partial charge in [0, 0.05) is 11.0 Å². The molecule has 72 valence electrons. The second-order valence-electron chi connectivity index (χ2n) is 2.40. The Balaban J connectivity index is 3.22. The van der Waals surface area contributed by atoms with Crippen molar-refractivity contribution in [1.82, 2.24) is 4.98 Å². The second-order valence-corrected chi connectivity index (χ2v) is 3.25. The van der Waals surface area contributed by atoms with Crippen molar-refractivity contribution in [3.63, 3.8) is 0 Å². The number of rotatable bonds is 2. The molecule has 0 saturated heterocycles. The van der Waals surface area contributed by atoms with E-state index in [4.69, 9.17) is 11.5 Å². The van der Waals surface area contributed by atoms with Gasteiger partial charge in [-0.2, -0.15) is 0 Å². The van der Waals surface area contributed by atoms with Crippen LogP contribution in [0.3, 0.4) is 0 Å². The molecule has 3 nitrogen and oxygen atoms in total. The molecule has 4 N–H and O–H groups in total. The summed E-state index contributed by atoms with van der Waals surface area (Å²) < 4.78 is 25.1. The van der Waals surface area contributed by atoms with Gasteiger partial charge >= 0.3 is 0 Å². The van der Waals surface area contributed by atoms with Crippen molar-refractivity contribution in [1.29, 1.82) is 0 Å². The zero-order chi connectivity index (χ0) is 10.0. The van der Waals surface area contributed by atoms with Gasteiger partial charge in [0.25, 0.3) is 6.43 Å². The first-order valence-corrected chi connectivity index (χ1v) is 4.28. The maximum absolute atomic E-state index is 12.3. The highest BCUT2D eigenvalue weighted by molar-refractivity contribution is 9.10. The number of alkyl halides is 2. The van der Waals surface area contributed by atoms with Gasteiger partial charge in [-0.1, -0.05) is 0 Å². The standard InChI is InChI=1S/C7H8BrF2N3/c8-3-1-4(12)6(7(9)10)13-5(3)2-11/h1,7H,2,11-12H2. The normalized spacial score (nSPS) is 10.8. The van der Waals surface area contributed by atoms with Crippen LogP contribution in [0.4, 0.5) is 14.5 Å². The summed E-state index contributed by atoms with van der Waals surface area (Å²) in [7, 11) is 0. The molecule has 1 rings (SSSR count). The third-order valence-corrected chi connectivity index (χ3v) is 2.20. The van der Waals surface area contributed by atoms with E-state index in [0.717, 1.165) is 0 Å². The fourth-order valence-electron chi connectivity index (χ4n) is 0.875. The first-order valence-electron chi connectivity index (χ1n) is 3.49. The van der Waals surface area contributed by atoms with Crippen LogP contribution in [-0.4, -0.2) is 4.98 Å². The zero-order valence-electron chi connectivity index (χ0n) is 6.60. The van der Waals surface area contributed by atoms with Crippen molar-refractivity contribution in [2.45, 2.75) is 13.0 Å².